The fourth-order valence-electron chi connectivity index (χ4n) is 16.4. The number of ketones is 1. The van der Waals surface area contributed by atoms with Crippen molar-refractivity contribution in [3.63, 3.8) is 0 Å². The minimum atomic E-state index is -1.45. The number of benzene rings is 4. The van der Waals surface area contributed by atoms with Crippen LogP contribution in [-0.2, 0) is 65.7 Å². The van der Waals surface area contributed by atoms with Crippen molar-refractivity contribution in [3.8, 4) is 0 Å². The quantitative estimate of drug-likeness (QED) is 0.0226. The number of carbonyl (C=O) groups excluding carboxylic acids is 9. The molecule has 8 aliphatic rings. The molecule has 14 rings (SSSR count). The Kier molecular flexibility index (Phi) is 25.3. The zero-order chi connectivity index (χ0) is 75.6. The third-order valence-electron chi connectivity index (χ3n) is 22.4. The topological polar surface area (TPSA) is 296 Å². The van der Waals surface area contributed by atoms with E-state index in [1.165, 1.54) is 22.6 Å². The summed E-state index contributed by atoms with van der Waals surface area (Å²) in [5.41, 5.74) is 2.69. The molecule has 0 bridgehead atoms. The minimum absolute atomic E-state index is 0.0129. The van der Waals surface area contributed by atoms with E-state index in [2.05, 4.69) is 42.2 Å². The van der Waals surface area contributed by atoms with Gasteiger partial charge in [-0.2, -0.15) is 0 Å². The fourth-order valence-corrected chi connectivity index (χ4v) is 18.7. The van der Waals surface area contributed by atoms with E-state index in [-0.39, 0.29) is 80.9 Å². The lowest BCUT2D eigenvalue weighted by Crippen LogP contribution is -2.57. The number of rotatable bonds is 28. The Bertz CT molecular complexity index is 4380. The van der Waals surface area contributed by atoms with E-state index in [4.69, 9.17) is 32.9 Å². The van der Waals surface area contributed by atoms with Gasteiger partial charge in [0.15, 0.2) is 17.3 Å². The van der Waals surface area contributed by atoms with Crippen molar-refractivity contribution < 1.29 is 57.9 Å². The Labute approximate surface area is 648 Å². The summed E-state index contributed by atoms with van der Waals surface area (Å²) < 4.78 is 2.16. The number of carbonyl (C=O) groups is 9. The van der Waals surface area contributed by atoms with Crippen LogP contribution in [-0.4, -0.2) is 158 Å². The van der Waals surface area contributed by atoms with Gasteiger partial charge in [-0.15, -0.1) is 22.7 Å². The molecule has 22 nitrogen and oxygen atoms in total. The van der Waals surface area contributed by atoms with E-state index in [0.29, 0.717) is 66.4 Å². The van der Waals surface area contributed by atoms with Crippen LogP contribution in [0.3, 0.4) is 0 Å². The van der Waals surface area contributed by atoms with Crippen LogP contribution >= 0.6 is 45.9 Å². The number of likely N-dealkylation sites (tertiary alicyclic amines) is 2. The van der Waals surface area contributed by atoms with Gasteiger partial charge < -0.3 is 56.5 Å². The SMILES string of the molecule is CCC[C@@H](NC(=O)C1C[C@]2(CC(c3cccc(Cl)c3)=NO2)CN1C(=O)[C@H](Cc1csc2ccccc12)NC(=O)CC1CCCCC1)C(=O)C(=O)NC1CC1.CCC[C@@H](NC(=O)C1C[C@]2(CC(c3cccc(Cl)c3)=NO2)CN1C(=O)[C@H](Cc1csc2ccccc12)NC(=O)CC1CCCCC1)C(O)C(=O)NC1CC1. The molecule has 4 aromatic carbocycles. The van der Waals surface area contributed by atoms with Crippen molar-refractivity contribution >= 4 is 131 Å². The van der Waals surface area contributed by atoms with Crippen LogP contribution in [0.25, 0.3) is 20.2 Å². The van der Waals surface area contributed by atoms with Crippen LogP contribution in [0.15, 0.2) is 118 Å². The first-order chi connectivity index (χ1) is 52.2. The van der Waals surface area contributed by atoms with Crippen LogP contribution in [0.1, 0.15) is 190 Å². The third-order valence-corrected chi connectivity index (χ3v) is 24.9. The van der Waals surface area contributed by atoms with Gasteiger partial charge in [0.25, 0.3) is 11.8 Å². The lowest BCUT2D eigenvalue weighted by molar-refractivity contribution is -0.143. The summed E-state index contributed by atoms with van der Waals surface area (Å²) in [4.78, 5) is 140. The molecule has 3 unspecified atom stereocenters. The minimum Gasteiger partial charge on any atom is -0.387 e. The average Bonchev–Trinajstić information content (AvgIpc) is 1.61. The van der Waals surface area contributed by atoms with Crippen molar-refractivity contribution in [1.82, 2.24) is 41.7 Å². The number of aliphatic hydroxyl groups excluding tert-OH is 1. The first-order valence-electron chi connectivity index (χ1n) is 38.8. The first kappa shape index (κ1) is 77.9. The summed E-state index contributed by atoms with van der Waals surface area (Å²) in [6.07, 6.45) is 16.5. The average molecular weight is 1550 g/mol. The molecule has 7 N–H and O–H groups in total. The number of nitrogens with zero attached hydrogens (tertiary/aromatic N) is 4. The van der Waals surface area contributed by atoms with Crippen molar-refractivity contribution in [2.45, 2.75) is 246 Å². The first-order valence-corrected chi connectivity index (χ1v) is 41.3. The summed E-state index contributed by atoms with van der Waals surface area (Å²) in [6.45, 7) is 3.88. The molecule has 9 atom stereocenters. The van der Waals surface area contributed by atoms with E-state index < -0.39 is 94.8 Å². The maximum absolute atomic E-state index is 15.0. The van der Waals surface area contributed by atoms with Gasteiger partial charge in [-0.05, 0) is 145 Å². The van der Waals surface area contributed by atoms with E-state index in [1.807, 2.05) is 97.4 Å². The zero-order valence-electron chi connectivity index (χ0n) is 61.3. The number of oxime groups is 2. The van der Waals surface area contributed by atoms with Gasteiger partial charge in [-0.25, -0.2) is 0 Å². The number of nitrogens with one attached hydrogen (secondary N) is 6. The highest BCUT2D eigenvalue weighted by molar-refractivity contribution is 7.17. The molecule has 6 fully saturated rings. The molecule has 4 aliphatic carbocycles. The van der Waals surface area contributed by atoms with Crippen LogP contribution in [0, 0.1) is 11.8 Å². The number of hydrogen-bond donors (Lipinski definition) is 7. The van der Waals surface area contributed by atoms with Crippen molar-refractivity contribution in [3.05, 3.63) is 140 Å². The number of thiophene rings is 2. The predicted octanol–water partition coefficient (Wildman–Crippen LogP) is 11.5. The van der Waals surface area contributed by atoms with Gasteiger partial charge in [-0.1, -0.05) is 159 Å². The molecule has 4 aliphatic heterocycles. The van der Waals surface area contributed by atoms with Gasteiger partial charge in [0.1, 0.15) is 24.2 Å². The standard InChI is InChI=1S/C41H50ClN5O6S.C41H48ClN5O6S/c2*1-2-9-31(37(49)39(51)43-29-16-17-29)45-38(50)34-22-41(21-33(46-53-41)26-12-8-13-28(42)19-26)24-47(34)40(52)32(44-36(48)18-25-10-4-3-5-11-25)20-27-23-54-35-15-7-6-14-30(27)35/h6-8,12-15,19,23,25,29,31-32,34,37,49H,2-5,9-11,16-18,20-22,24H2,1H3,(H,43,51)(H,44,48)(H,45,50);6-8,12-15,19,23,25,29,31-32,34H,2-5,9-11,16-18,20-22,24H2,1H3,(H,43,51)(H,44,48)(H,45,50)/t31-,32+,34?,37?,41-;31-,32+,34?,41-/m11/s1. The molecule has 108 heavy (non-hydrogen) atoms. The Morgan fingerprint density at radius 2 is 1.00 bits per heavy atom. The van der Waals surface area contributed by atoms with E-state index in [9.17, 15) is 48.3 Å². The molecule has 6 heterocycles. The van der Waals surface area contributed by atoms with Gasteiger partial charge in [0.2, 0.25) is 41.2 Å². The Hall–Kier alpha value is -8.29. The number of fused-ring (bicyclic) bond motifs is 2. The summed E-state index contributed by atoms with van der Waals surface area (Å²) in [7, 11) is 0. The normalized spacial score (nSPS) is 22.7. The molecule has 2 aromatic heterocycles. The second-order valence-electron chi connectivity index (χ2n) is 31.0. The summed E-state index contributed by atoms with van der Waals surface area (Å²) >= 11 is 15.8. The van der Waals surface area contributed by atoms with Crippen LogP contribution in [0.2, 0.25) is 10.0 Å². The number of Topliss-reactive ketones (excluding diaryl/α,β-unsaturated/α-hetero) is 1. The fraction of sp³-hybridized carbons (Fsp3) is 0.524. The zero-order valence-corrected chi connectivity index (χ0v) is 64.5. The van der Waals surface area contributed by atoms with Crippen LogP contribution < -0.4 is 31.9 Å². The Morgan fingerprint density at radius 3 is 1.45 bits per heavy atom. The maximum atomic E-state index is 15.0. The van der Waals surface area contributed by atoms with Gasteiger partial charge >= 0.3 is 0 Å². The van der Waals surface area contributed by atoms with E-state index >= 15 is 0 Å². The maximum Gasteiger partial charge on any atom is 0.289 e. The second kappa shape index (κ2) is 35.2. The highest BCUT2D eigenvalue weighted by Gasteiger charge is 2.57. The molecular formula is C82H98Cl2N10O12S2. The summed E-state index contributed by atoms with van der Waals surface area (Å²) in [6, 6.07) is 24.7. The summed E-state index contributed by atoms with van der Waals surface area (Å²) in [5, 5.41) is 44.6. The highest BCUT2D eigenvalue weighted by Crippen LogP contribution is 2.43. The smallest absolute Gasteiger partial charge is 0.289 e. The molecule has 6 aromatic rings. The van der Waals surface area contributed by atoms with E-state index in [0.717, 1.165) is 119 Å². The molecule has 2 saturated heterocycles. The van der Waals surface area contributed by atoms with Gasteiger partial charge in [0, 0.05) is 94.0 Å². The van der Waals surface area contributed by atoms with Crippen molar-refractivity contribution in [1.29, 1.82) is 0 Å². The number of halogens is 2. The van der Waals surface area contributed by atoms with Crippen LogP contribution in [0.5, 0.6) is 0 Å². The van der Waals surface area contributed by atoms with Crippen molar-refractivity contribution in [2.24, 2.45) is 22.1 Å². The van der Waals surface area contributed by atoms with Crippen molar-refractivity contribution in [2.75, 3.05) is 13.1 Å². The highest BCUT2D eigenvalue weighted by atomic mass is 35.5. The molecule has 0 radical (unpaired) electrons. The number of hydrogen-bond acceptors (Lipinski definition) is 16. The molecule has 4 saturated carbocycles. The van der Waals surface area contributed by atoms with E-state index in [1.54, 1.807) is 46.9 Å². The second-order valence-corrected chi connectivity index (χ2v) is 33.7. The molecule has 26 heteroatoms. The molecule has 574 valence electrons. The largest absolute Gasteiger partial charge is 0.387 e. The van der Waals surface area contributed by atoms with Crippen LogP contribution in [0.4, 0.5) is 0 Å². The monoisotopic (exact) mass is 1550 g/mol. The molecule has 8 amide bonds. The third kappa shape index (κ3) is 19.3. The summed E-state index contributed by atoms with van der Waals surface area (Å²) in [5.74, 6) is -3.61. The number of amides is 8. The Morgan fingerprint density at radius 1 is 0.546 bits per heavy atom. The Balaban J connectivity index is 0.000000190. The lowest BCUT2D eigenvalue weighted by Gasteiger charge is -2.31. The molecule has 2 spiro atoms. The predicted molar refractivity (Wildman–Crippen MR) is 417 cm³/mol. The van der Waals surface area contributed by atoms with Gasteiger partial charge in [0.05, 0.1) is 36.6 Å². The number of aliphatic hydroxyl groups is 1. The lowest BCUT2D eigenvalue weighted by atomic mass is 9.86. The molecular weight excluding hydrogens is 1450 g/mol. The van der Waals surface area contributed by atoms with Gasteiger partial charge in [-0.3, -0.25) is 43.2 Å².